The van der Waals surface area contributed by atoms with E-state index in [9.17, 15) is 4.79 Å². The molecule has 2 heterocycles. The highest BCUT2D eigenvalue weighted by Gasteiger charge is 2.36. The summed E-state index contributed by atoms with van der Waals surface area (Å²) in [6, 6.07) is 15.1. The number of ether oxygens (including phenoxy) is 1. The first-order valence-electron chi connectivity index (χ1n) is 8.31. The van der Waals surface area contributed by atoms with Crippen LogP contribution in [0, 0.1) is 0 Å². The molecule has 0 bridgehead atoms. The third-order valence-corrected chi connectivity index (χ3v) is 4.95. The highest BCUT2D eigenvalue weighted by atomic mass is 16.5. The molecule has 24 heavy (non-hydrogen) atoms. The molecule has 0 spiro atoms. The van der Waals surface area contributed by atoms with Crippen LogP contribution in [0.25, 0.3) is 22.3 Å². The molecule has 0 N–H and O–H groups in total. The Kier molecular flexibility index (Phi) is 2.89. The van der Waals surface area contributed by atoms with E-state index in [1.807, 2.05) is 42.5 Å². The van der Waals surface area contributed by atoms with Crippen molar-refractivity contribution in [2.45, 2.75) is 24.9 Å². The first kappa shape index (κ1) is 13.6. The number of fused-ring (bicyclic) bond motifs is 5. The van der Waals surface area contributed by atoms with E-state index in [4.69, 9.17) is 9.15 Å². The summed E-state index contributed by atoms with van der Waals surface area (Å²) in [5.41, 5.74) is 2.58. The molecule has 3 heteroatoms. The Morgan fingerprint density at radius 3 is 2.79 bits per heavy atom. The van der Waals surface area contributed by atoms with Crippen LogP contribution in [0.2, 0.25) is 0 Å². The van der Waals surface area contributed by atoms with Gasteiger partial charge in [0.05, 0.1) is 5.39 Å². The molecule has 5 rings (SSSR count). The monoisotopic (exact) mass is 316 g/mol. The van der Waals surface area contributed by atoms with Crippen molar-refractivity contribution in [1.29, 1.82) is 0 Å². The fourth-order valence-corrected chi connectivity index (χ4v) is 3.86. The molecule has 0 unspecified atom stereocenters. The third-order valence-electron chi connectivity index (χ3n) is 4.95. The van der Waals surface area contributed by atoms with Crippen molar-refractivity contribution in [3.05, 3.63) is 76.5 Å². The van der Waals surface area contributed by atoms with Gasteiger partial charge in [-0.15, -0.1) is 0 Å². The molecule has 1 aliphatic heterocycles. The fraction of sp³-hybridized carbons (Fsp3) is 0.190. The summed E-state index contributed by atoms with van der Waals surface area (Å²) in [6.07, 6.45) is 6.35. The lowest BCUT2D eigenvalue weighted by atomic mass is 9.85. The minimum atomic E-state index is 0.00533. The van der Waals surface area contributed by atoms with Gasteiger partial charge in [0, 0.05) is 23.1 Å². The summed E-state index contributed by atoms with van der Waals surface area (Å²) in [4.78, 5) is 12.9. The smallest absolute Gasteiger partial charge is 0.193 e. The molecule has 1 aliphatic carbocycles. The zero-order chi connectivity index (χ0) is 16.1. The lowest BCUT2D eigenvalue weighted by Crippen LogP contribution is -2.19. The lowest BCUT2D eigenvalue weighted by Gasteiger charge is -2.19. The maximum Gasteiger partial charge on any atom is 0.193 e. The highest BCUT2D eigenvalue weighted by Crippen LogP contribution is 2.46. The summed E-state index contributed by atoms with van der Waals surface area (Å²) < 4.78 is 12.1. The highest BCUT2D eigenvalue weighted by molar-refractivity contribution is 5.86. The van der Waals surface area contributed by atoms with Gasteiger partial charge in [0.1, 0.15) is 23.2 Å². The van der Waals surface area contributed by atoms with Gasteiger partial charge in [-0.1, -0.05) is 36.4 Å². The SMILES string of the molecule is O=c1cc(-c2ccccc2)oc2ccc3c(c12)[C@@H]1CCC=C[C@@H]1O3. The molecule has 0 saturated heterocycles. The maximum atomic E-state index is 12.9. The predicted molar refractivity (Wildman–Crippen MR) is 93.5 cm³/mol. The van der Waals surface area contributed by atoms with Crippen LogP contribution in [0.5, 0.6) is 5.75 Å². The van der Waals surface area contributed by atoms with Gasteiger partial charge < -0.3 is 9.15 Å². The van der Waals surface area contributed by atoms with E-state index in [1.165, 1.54) is 0 Å². The van der Waals surface area contributed by atoms with E-state index < -0.39 is 0 Å². The van der Waals surface area contributed by atoms with Crippen molar-refractivity contribution >= 4 is 11.0 Å². The van der Waals surface area contributed by atoms with Crippen LogP contribution in [0.3, 0.4) is 0 Å². The Bertz CT molecular complexity index is 1010. The Morgan fingerprint density at radius 1 is 1.04 bits per heavy atom. The van der Waals surface area contributed by atoms with E-state index >= 15 is 0 Å². The topological polar surface area (TPSA) is 39.4 Å². The molecular formula is C21H16O3. The van der Waals surface area contributed by atoms with Crippen molar-refractivity contribution in [1.82, 2.24) is 0 Å². The van der Waals surface area contributed by atoms with Gasteiger partial charge in [0.15, 0.2) is 5.43 Å². The zero-order valence-electron chi connectivity index (χ0n) is 13.1. The molecule has 118 valence electrons. The number of rotatable bonds is 1. The van der Waals surface area contributed by atoms with Gasteiger partial charge in [-0.25, -0.2) is 0 Å². The molecule has 0 amide bonds. The average molecular weight is 316 g/mol. The summed E-state index contributed by atoms with van der Waals surface area (Å²) in [5, 5.41) is 0.676. The van der Waals surface area contributed by atoms with Crippen molar-refractivity contribution in [2.75, 3.05) is 0 Å². The largest absolute Gasteiger partial charge is 0.485 e. The summed E-state index contributed by atoms with van der Waals surface area (Å²) in [7, 11) is 0. The van der Waals surface area contributed by atoms with Crippen LogP contribution in [0.1, 0.15) is 24.3 Å². The Balaban J connectivity index is 1.75. The van der Waals surface area contributed by atoms with Gasteiger partial charge in [-0.2, -0.15) is 0 Å². The summed E-state index contributed by atoms with van der Waals surface area (Å²) in [5.74, 6) is 1.68. The molecular weight excluding hydrogens is 300 g/mol. The molecule has 2 aliphatic rings. The molecule has 2 atom stereocenters. The van der Waals surface area contributed by atoms with Gasteiger partial charge in [-0.05, 0) is 31.1 Å². The van der Waals surface area contributed by atoms with Gasteiger partial charge >= 0.3 is 0 Å². The minimum absolute atomic E-state index is 0.00533. The molecule has 1 aromatic heterocycles. The van der Waals surface area contributed by atoms with Crippen molar-refractivity contribution < 1.29 is 9.15 Å². The molecule has 0 fully saturated rings. The number of hydrogen-bond donors (Lipinski definition) is 0. The van der Waals surface area contributed by atoms with E-state index in [0.29, 0.717) is 16.7 Å². The number of benzene rings is 2. The summed E-state index contributed by atoms with van der Waals surface area (Å²) in [6.45, 7) is 0. The van der Waals surface area contributed by atoms with Crippen molar-refractivity contribution in [3.8, 4) is 17.1 Å². The van der Waals surface area contributed by atoms with Gasteiger partial charge in [-0.3, -0.25) is 4.79 Å². The Hall–Kier alpha value is -2.81. The van der Waals surface area contributed by atoms with Crippen molar-refractivity contribution in [3.63, 3.8) is 0 Å². The number of allylic oxidation sites excluding steroid dienone is 1. The van der Waals surface area contributed by atoms with Crippen LogP contribution < -0.4 is 10.2 Å². The quantitative estimate of drug-likeness (QED) is 0.613. The van der Waals surface area contributed by atoms with Crippen LogP contribution >= 0.6 is 0 Å². The standard InChI is InChI=1S/C21H16O3/c22-15-12-19(13-6-2-1-3-7-13)24-18-11-10-17-20(21(15)18)14-8-4-5-9-16(14)23-17/h1-3,5-7,9-12,14,16H,4,8H2/t14-,16+/m1/s1. The normalized spacial score (nSPS) is 21.3. The van der Waals surface area contributed by atoms with E-state index in [0.717, 1.165) is 29.7 Å². The lowest BCUT2D eigenvalue weighted by molar-refractivity contribution is 0.244. The van der Waals surface area contributed by atoms with Crippen molar-refractivity contribution in [2.24, 2.45) is 0 Å². The molecule has 0 radical (unpaired) electrons. The van der Waals surface area contributed by atoms with Crippen LogP contribution in [-0.2, 0) is 0 Å². The molecule has 0 saturated carbocycles. The average Bonchev–Trinajstić information content (AvgIpc) is 3.01. The predicted octanol–water partition coefficient (Wildman–Crippen LogP) is 4.65. The second kappa shape index (κ2) is 5.10. The minimum Gasteiger partial charge on any atom is -0.485 e. The Labute approximate surface area is 139 Å². The fourth-order valence-electron chi connectivity index (χ4n) is 3.86. The summed E-state index contributed by atoms with van der Waals surface area (Å²) >= 11 is 0. The maximum absolute atomic E-state index is 12.9. The van der Waals surface area contributed by atoms with E-state index in [-0.39, 0.29) is 17.5 Å². The van der Waals surface area contributed by atoms with E-state index in [1.54, 1.807) is 6.07 Å². The van der Waals surface area contributed by atoms with Gasteiger partial charge in [0.25, 0.3) is 0 Å². The molecule has 3 aromatic rings. The zero-order valence-corrected chi connectivity index (χ0v) is 13.1. The van der Waals surface area contributed by atoms with Crippen LogP contribution in [-0.4, -0.2) is 6.10 Å². The second-order valence-electron chi connectivity index (χ2n) is 6.39. The molecule has 3 nitrogen and oxygen atoms in total. The first-order valence-corrected chi connectivity index (χ1v) is 8.31. The van der Waals surface area contributed by atoms with Crippen LogP contribution in [0.15, 0.2) is 69.9 Å². The van der Waals surface area contributed by atoms with Gasteiger partial charge in [0.2, 0.25) is 0 Å². The van der Waals surface area contributed by atoms with Crippen LogP contribution in [0.4, 0.5) is 0 Å². The second-order valence-corrected chi connectivity index (χ2v) is 6.39. The Morgan fingerprint density at radius 2 is 1.92 bits per heavy atom. The number of hydrogen-bond acceptors (Lipinski definition) is 3. The first-order chi connectivity index (χ1) is 11.8. The van der Waals surface area contributed by atoms with E-state index in [2.05, 4.69) is 12.2 Å². The molecule has 2 aromatic carbocycles. The third kappa shape index (κ3) is 1.94.